The highest BCUT2D eigenvalue weighted by atomic mass is 32.1. The summed E-state index contributed by atoms with van der Waals surface area (Å²) in [4.78, 5) is 13.1. The van der Waals surface area contributed by atoms with Crippen molar-refractivity contribution in [2.45, 2.75) is 13.0 Å². The van der Waals surface area contributed by atoms with Crippen LogP contribution in [0.4, 0.5) is 10.8 Å². The first-order valence-electron chi connectivity index (χ1n) is 4.60. The highest BCUT2D eigenvalue weighted by molar-refractivity contribution is 7.10. The van der Waals surface area contributed by atoms with Crippen LogP contribution >= 0.6 is 11.5 Å². The predicted octanol–water partition coefficient (Wildman–Crippen LogP) is 0.486. The van der Waals surface area contributed by atoms with Crippen LogP contribution in [0.15, 0.2) is 0 Å². The number of nitrogens with two attached hydrogens (primary N) is 1. The van der Waals surface area contributed by atoms with E-state index in [9.17, 15) is 4.79 Å². The maximum Gasteiger partial charge on any atom is 0.244 e. The van der Waals surface area contributed by atoms with Gasteiger partial charge in [-0.05, 0) is 18.5 Å². The monoisotopic (exact) mass is 239 g/mol. The van der Waals surface area contributed by atoms with E-state index in [2.05, 4.69) is 9.69 Å². The molecule has 1 amide bonds. The Hall–Kier alpha value is -1.81. The molecule has 0 aliphatic carbocycles. The Morgan fingerprint density at radius 2 is 2.31 bits per heavy atom. The molecule has 7 heteroatoms. The average Bonchev–Trinajstić information content (AvgIpc) is 2.57. The topological polar surface area (TPSA) is 95.0 Å². The maximum atomic E-state index is 11.6. The largest absolute Gasteiger partial charge is 0.382 e. The van der Waals surface area contributed by atoms with E-state index in [0.717, 1.165) is 11.5 Å². The highest BCUT2D eigenvalue weighted by Gasteiger charge is 2.18. The number of carbonyl (C=O) groups is 1. The molecule has 16 heavy (non-hydrogen) atoms. The third-order valence-electron chi connectivity index (χ3n) is 1.99. The molecule has 0 aromatic carbocycles. The molecular formula is C9H13N5OS. The lowest BCUT2D eigenvalue weighted by Gasteiger charge is -2.17. The summed E-state index contributed by atoms with van der Waals surface area (Å²) in [6.45, 7) is 1.72. The second kappa shape index (κ2) is 4.81. The van der Waals surface area contributed by atoms with Crippen molar-refractivity contribution in [3.63, 3.8) is 0 Å². The smallest absolute Gasteiger partial charge is 0.244 e. The molecule has 1 atom stereocenters. The molecule has 1 heterocycles. The molecule has 0 saturated carbocycles. The third-order valence-corrected chi connectivity index (χ3v) is 2.78. The summed E-state index contributed by atoms with van der Waals surface area (Å²) >= 11 is 1.08. The number of anilines is 2. The summed E-state index contributed by atoms with van der Waals surface area (Å²) in [6.07, 6.45) is 0. The zero-order chi connectivity index (χ0) is 12.3. The van der Waals surface area contributed by atoms with Gasteiger partial charge < -0.3 is 16.0 Å². The lowest BCUT2D eigenvalue weighted by molar-refractivity contribution is -0.129. The molecule has 0 spiro atoms. The van der Waals surface area contributed by atoms with Crippen molar-refractivity contribution in [1.82, 2.24) is 9.27 Å². The molecule has 0 aliphatic rings. The van der Waals surface area contributed by atoms with E-state index < -0.39 is 6.04 Å². The minimum absolute atomic E-state index is 0.0733. The van der Waals surface area contributed by atoms with Crippen molar-refractivity contribution in [1.29, 1.82) is 5.26 Å². The van der Waals surface area contributed by atoms with Gasteiger partial charge in [0.15, 0.2) is 5.82 Å². The van der Waals surface area contributed by atoms with E-state index in [0.29, 0.717) is 10.6 Å². The molecule has 0 radical (unpaired) electrons. The molecule has 86 valence electrons. The number of amides is 1. The first kappa shape index (κ1) is 12.3. The van der Waals surface area contributed by atoms with E-state index >= 15 is 0 Å². The van der Waals surface area contributed by atoms with E-state index in [1.165, 1.54) is 4.90 Å². The van der Waals surface area contributed by atoms with Gasteiger partial charge in [-0.2, -0.15) is 9.64 Å². The number of hydrogen-bond donors (Lipinski definition) is 2. The van der Waals surface area contributed by atoms with Gasteiger partial charge in [0.25, 0.3) is 0 Å². The fourth-order valence-corrected chi connectivity index (χ4v) is 1.91. The maximum absolute atomic E-state index is 11.6. The molecule has 1 aromatic heterocycles. The van der Waals surface area contributed by atoms with Crippen molar-refractivity contribution in [2.24, 2.45) is 0 Å². The van der Waals surface area contributed by atoms with Crippen LogP contribution in [0.3, 0.4) is 0 Å². The van der Waals surface area contributed by atoms with Crippen LogP contribution in [-0.2, 0) is 4.79 Å². The van der Waals surface area contributed by atoms with Crippen molar-refractivity contribution >= 4 is 28.3 Å². The number of carbonyl (C=O) groups excluding carboxylic acids is 1. The molecule has 1 rings (SSSR count). The van der Waals surface area contributed by atoms with Gasteiger partial charge in [0.1, 0.15) is 22.7 Å². The predicted molar refractivity (Wildman–Crippen MR) is 63.0 cm³/mol. The Morgan fingerprint density at radius 3 is 2.81 bits per heavy atom. The minimum atomic E-state index is -0.415. The van der Waals surface area contributed by atoms with Crippen LogP contribution in [-0.4, -0.2) is 35.3 Å². The fraction of sp³-hybridized carbons (Fsp3) is 0.444. The second-order valence-electron chi connectivity index (χ2n) is 3.48. The van der Waals surface area contributed by atoms with Gasteiger partial charge in [-0.25, -0.2) is 0 Å². The summed E-state index contributed by atoms with van der Waals surface area (Å²) in [6, 6.07) is 1.54. The lowest BCUT2D eigenvalue weighted by atomic mass is 10.3. The van der Waals surface area contributed by atoms with Gasteiger partial charge in [-0.3, -0.25) is 4.79 Å². The Morgan fingerprint density at radius 1 is 1.69 bits per heavy atom. The first-order chi connectivity index (χ1) is 7.47. The van der Waals surface area contributed by atoms with Crippen LogP contribution in [0.5, 0.6) is 0 Å². The van der Waals surface area contributed by atoms with Gasteiger partial charge in [0.2, 0.25) is 5.91 Å². The van der Waals surface area contributed by atoms with E-state index in [4.69, 9.17) is 11.0 Å². The zero-order valence-corrected chi connectivity index (χ0v) is 10.1. The zero-order valence-electron chi connectivity index (χ0n) is 9.31. The van der Waals surface area contributed by atoms with Crippen molar-refractivity contribution < 1.29 is 4.79 Å². The molecule has 0 aliphatic heterocycles. The van der Waals surface area contributed by atoms with Crippen LogP contribution in [0.2, 0.25) is 0 Å². The van der Waals surface area contributed by atoms with Crippen LogP contribution in [0, 0.1) is 11.3 Å². The summed E-state index contributed by atoms with van der Waals surface area (Å²) < 4.78 is 3.85. The van der Waals surface area contributed by atoms with Gasteiger partial charge in [-0.15, -0.1) is 0 Å². The summed E-state index contributed by atoms with van der Waals surface area (Å²) in [5, 5.41) is 12.3. The number of hydrogen-bond acceptors (Lipinski definition) is 6. The van der Waals surface area contributed by atoms with E-state index in [1.807, 2.05) is 6.07 Å². The fourth-order valence-electron chi connectivity index (χ4n) is 1.15. The summed E-state index contributed by atoms with van der Waals surface area (Å²) in [7, 11) is 3.35. The number of likely N-dealkylation sites (N-methyl/N-ethyl adjacent to an activating group) is 1. The minimum Gasteiger partial charge on any atom is -0.382 e. The molecule has 0 fully saturated rings. The number of rotatable bonds is 3. The molecule has 3 N–H and O–H groups in total. The molecule has 0 bridgehead atoms. The number of aromatic nitrogens is 1. The van der Waals surface area contributed by atoms with E-state index in [-0.39, 0.29) is 11.7 Å². The van der Waals surface area contributed by atoms with Gasteiger partial charge in [0.05, 0.1) is 0 Å². The summed E-state index contributed by atoms with van der Waals surface area (Å²) in [5.41, 5.74) is 5.80. The lowest BCUT2D eigenvalue weighted by Crippen LogP contribution is -2.36. The number of nitriles is 1. The average molecular weight is 239 g/mol. The Kier molecular flexibility index (Phi) is 3.68. The number of nitrogens with zero attached hydrogens (tertiary/aromatic N) is 3. The Labute approximate surface area is 97.8 Å². The van der Waals surface area contributed by atoms with Gasteiger partial charge in [0, 0.05) is 14.1 Å². The Bertz CT molecular complexity index is 434. The molecule has 6 nitrogen and oxygen atoms in total. The van der Waals surface area contributed by atoms with Crippen molar-refractivity contribution in [3.8, 4) is 6.07 Å². The Balaban J connectivity index is 2.82. The number of nitrogen functional groups attached to an aromatic ring is 1. The summed E-state index contributed by atoms with van der Waals surface area (Å²) in [5.74, 6) is 0.121. The quantitative estimate of drug-likeness (QED) is 0.800. The standard InChI is InChI=1S/C9H13N5OS/c1-5(9(15)14(2)3)12-8-6(4-10)7(11)13-16-8/h5,12H,1-3H3,(H2,11,13). The van der Waals surface area contributed by atoms with Gasteiger partial charge >= 0.3 is 0 Å². The molecule has 1 aromatic rings. The van der Waals surface area contributed by atoms with Gasteiger partial charge in [-0.1, -0.05) is 0 Å². The second-order valence-corrected chi connectivity index (χ2v) is 4.26. The molecule has 0 saturated heterocycles. The third kappa shape index (κ3) is 2.41. The van der Waals surface area contributed by atoms with Crippen molar-refractivity contribution in [3.05, 3.63) is 5.56 Å². The van der Waals surface area contributed by atoms with Crippen LogP contribution in [0.25, 0.3) is 0 Å². The molecule has 1 unspecified atom stereocenters. The number of nitrogens with one attached hydrogen (secondary N) is 1. The van der Waals surface area contributed by atoms with Crippen LogP contribution in [0.1, 0.15) is 12.5 Å². The first-order valence-corrected chi connectivity index (χ1v) is 5.37. The molecular weight excluding hydrogens is 226 g/mol. The van der Waals surface area contributed by atoms with E-state index in [1.54, 1.807) is 21.0 Å². The SMILES string of the molecule is CC(Nc1snc(N)c1C#N)C(=O)N(C)C. The van der Waals surface area contributed by atoms with Crippen molar-refractivity contribution in [2.75, 3.05) is 25.1 Å². The normalized spacial score (nSPS) is 11.6. The highest BCUT2D eigenvalue weighted by Crippen LogP contribution is 2.26. The van der Waals surface area contributed by atoms with Crippen LogP contribution < -0.4 is 11.1 Å².